The molecule has 8 bridgehead atoms. The number of alkyl halides is 1. The predicted molar refractivity (Wildman–Crippen MR) is 307 cm³/mol. The first kappa shape index (κ1) is 62.5. The maximum atomic E-state index is 13.2. The Kier molecular flexibility index (Phi) is 23.8. The number of hydrogen-bond acceptors (Lipinski definition) is 6. The molecule has 0 amide bonds. The molecule has 13 heteroatoms. The fourth-order valence-electron chi connectivity index (χ4n) is 12.9. The Morgan fingerprint density at radius 1 is 0.449 bits per heavy atom. The number of rotatable bonds is 11. The van der Waals surface area contributed by atoms with Gasteiger partial charge in [0.15, 0.2) is 29.4 Å². The van der Waals surface area contributed by atoms with E-state index in [1.54, 1.807) is 4.90 Å². The Morgan fingerprint density at radius 2 is 0.679 bits per heavy atom. The molecular weight excluding hydrogens is 1200 g/mol. The summed E-state index contributed by atoms with van der Waals surface area (Å²) in [5, 5.41) is 22.3. The van der Waals surface area contributed by atoms with Gasteiger partial charge in [-0.1, -0.05) is 95.4 Å². The van der Waals surface area contributed by atoms with Crippen LogP contribution in [0.25, 0.3) is 0 Å². The molecule has 78 heavy (non-hydrogen) atoms. The molecule has 7 nitrogen and oxygen atoms in total. The van der Waals surface area contributed by atoms with Crippen molar-refractivity contribution in [1.29, 1.82) is 0 Å². The molecule has 6 aromatic rings. The van der Waals surface area contributed by atoms with Crippen molar-refractivity contribution in [3.63, 3.8) is 0 Å². The van der Waals surface area contributed by atoms with Gasteiger partial charge in [-0.3, -0.25) is 9.59 Å². The molecule has 8 aliphatic rings. The van der Waals surface area contributed by atoms with Crippen LogP contribution in [0.2, 0.25) is 0 Å². The van der Waals surface area contributed by atoms with E-state index in [0.29, 0.717) is 49.1 Å². The van der Waals surface area contributed by atoms with Gasteiger partial charge in [0, 0.05) is 46.4 Å². The highest BCUT2D eigenvalue weighted by Crippen LogP contribution is 2.59. The van der Waals surface area contributed by atoms with Gasteiger partial charge in [0.2, 0.25) is 0 Å². The number of nitrogens with one attached hydrogen (secondary N) is 1. The van der Waals surface area contributed by atoms with Crippen LogP contribution in [-0.4, -0.2) is 48.1 Å². The molecule has 0 saturated heterocycles. The zero-order valence-electron chi connectivity index (χ0n) is 45.1. The number of carbonyl (C=O) groups excluding carboxylic acids is 4. The molecule has 14 rings (SSSR count). The molecular formula is C65H73BrF2INO6S2. The largest absolute Gasteiger partial charge is 1.00 e. The van der Waals surface area contributed by atoms with Crippen LogP contribution in [0, 0.1) is 58.0 Å². The summed E-state index contributed by atoms with van der Waals surface area (Å²) in [7, 11) is -0.379. The molecule has 1 N–H and O–H groups in total. The minimum Gasteiger partial charge on any atom is -1.00 e. The Morgan fingerprint density at radius 3 is 0.885 bits per heavy atom. The Labute approximate surface area is 491 Å². The van der Waals surface area contributed by atoms with Crippen molar-refractivity contribution in [1.82, 2.24) is 0 Å². The highest BCUT2D eigenvalue weighted by Gasteiger charge is 2.57. The average Bonchev–Trinajstić information content (AvgIpc) is 3.57. The van der Waals surface area contributed by atoms with E-state index >= 15 is 0 Å². The van der Waals surface area contributed by atoms with Crippen LogP contribution in [0.5, 0.6) is 0 Å². The third-order valence-electron chi connectivity index (χ3n) is 16.4. The highest BCUT2D eigenvalue weighted by molar-refractivity contribution is 14.1. The first-order chi connectivity index (χ1) is 37.2. The summed E-state index contributed by atoms with van der Waals surface area (Å²) in [5.74, 6) is -0.441. The van der Waals surface area contributed by atoms with Crippen molar-refractivity contribution in [2.24, 2.45) is 46.3 Å². The molecule has 0 aromatic heterocycles. The van der Waals surface area contributed by atoms with Gasteiger partial charge in [-0.15, -0.1) is 0 Å². The third-order valence-corrected chi connectivity index (χ3v) is 20.8. The van der Waals surface area contributed by atoms with Crippen molar-refractivity contribution < 1.29 is 60.1 Å². The third kappa shape index (κ3) is 15.4. The topological polar surface area (TPSA) is 119 Å². The van der Waals surface area contributed by atoms with Crippen molar-refractivity contribution in [3.8, 4) is 0 Å². The molecule has 0 spiro atoms. The van der Waals surface area contributed by atoms with Crippen LogP contribution in [0.4, 0.5) is 8.78 Å². The van der Waals surface area contributed by atoms with E-state index < -0.39 is 22.8 Å². The first-order valence-corrected chi connectivity index (χ1v) is 31.8. The summed E-state index contributed by atoms with van der Waals surface area (Å²) in [6, 6.07) is 55.0. The van der Waals surface area contributed by atoms with Crippen molar-refractivity contribution >= 4 is 67.9 Å². The number of carboxylic acids is 2. The summed E-state index contributed by atoms with van der Waals surface area (Å²) < 4.78 is 26.3. The smallest absolute Gasteiger partial charge is 0.166 e. The summed E-state index contributed by atoms with van der Waals surface area (Å²) in [4.78, 5) is 56.6. The summed E-state index contributed by atoms with van der Waals surface area (Å²) in [6.07, 6.45) is 7.49. The van der Waals surface area contributed by atoms with Crippen molar-refractivity contribution in [3.05, 3.63) is 181 Å². The van der Waals surface area contributed by atoms with Crippen LogP contribution in [0.15, 0.2) is 199 Å². The monoisotopic (exact) mass is 1270 g/mol. The molecule has 8 aliphatic carbocycles. The van der Waals surface area contributed by atoms with Crippen molar-refractivity contribution in [2.75, 3.05) is 24.6 Å². The van der Waals surface area contributed by atoms with Gasteiger partial charge in [0.25, 0.3) is 0 Å². The van der Waals surface area contributed by atoms with Crippen LogP contribution >= 0.6 is 22.6 Å². The van der Waals surface area contributed by atoms with Gasteiger partial charge in [-0.05, 0) is 199 Å². The standard InChI is InChI=1S/2C18H14FS.2C11H14O3.C6H15N.CH3I.BrH/c2*19-15-11-13-18(14-12-15)20(16-7-3-1-4-8-16)17-9-5-2-6-10-17;2*12-9-7-1-6-2-8(9)5-11(3-6,4-7)10(13)14;1-4-7(5-2)6-3;1-2;/h2*1-14H;2*6-8H,1-5H2,(H,13,14);4-6H2,1-3H3;1H3;1H/q2*+1;;;;;/p-2. The Balaban J connectivity index is 0.000000161. The molecule has 0 heterocycles. The van der Waals surface area contributed by atoms with Crippen LogP contribution in [0.3, 0.4) is 0 Å². The van der Waals surface area contributed by atoms with E-state index in [1.807, 2.05) is 102 Å². The molecule has 4 unspecified atom stereocenters. The SMILES string of the molecule is CC[NH+](CC)CC.CI.Fc1ccc([S+](c2ccccc2)c2ccccc2)cc1.Fc1ccc([S+](c2ccccc2)c2ccccc2)cc1.O=C1C2CC3CC1CC(C(=O)[O-])(C3)C2.O=C1C2CC3CC1CC(C(=O)[O-])(C3)C2.[Br-]. The predicted octanol–water partition coefficient (Wildman–Crippen LogP) is 8.09. The number of carboxylic acid groups (broad SMARTS) is 2. The normalized spacial score (nSPS) is 24.3. The minimum absolute atomic E-state index is 0. The molecule has 6 aromatic carbocycles. The second-order valence-electron chi connectivity index (χ2n) is 21.2. The average molecular weight is 1270 g/mol. The second-order valence-corrected chi connectivity index (χ2v) is 25.3. The maximum Gasteiger partial charge on any atom is 0.166 e. The summed E-state index contributed by atoms with van der Waals surface area (Å²) in [6.45, 7) is 10.5. The van der Waals surface area contributed by atoms with E-state index in [9.17, 15) is 38.2 Å². The second kappa shape index (κ2) is 29.7. The quantitative estimate of drug-likeness (QED) is 0.0797. The van der Waals surface area contributed by atoms with E-state index in [0.717, 1.165) is 48.3 Å². The number of quaternary nitrogens is 1. The van der Waals surface area contributed by atoms with Gasteiger partial charge in [0.05, 0.1) is 41.4 Å². The molecule has 8 fully saturated rings. The number of Topliss-reactive ketones (excluding diaryl/α,β-unsaturated/α-hetero) is 2. The Hall–Kier alpha value is -4.67. The lowest BCUT2D eigenvalue weighted by atomic mass is 9.49. The van der Waals surface area contributed by atoms with Crippen LogP contribution in [-0.2, 0) is 41.0 Å². The lowest BCUT2D eigenvalue weighted by Gasteiger charge is -2.56. The summed E-state index contributed by atoms with van der Waals surface area (Å²) in [5.41, 5.74) is -1.27. The number of ketones is 2. The molecule has 4 atom stereocenters. The van der Waals surface area contributed by atoms with Gasteiger partial charge in [-0.25, -0.2) is 8.78 Å². The molecule has 414 valence electrons. The molecule has 0 aliphatic heterocycles. The molecule has 8 saturated carbocycles. The van der Waals surface area contributed by atoms with Crippen LogP contribution < -0.4 is 32.1 Å². The lowest BCUT2D eigenvalue weighted by Crippen LogP contribution is -3.11. The Bertz CT molecular complexity index is 2520. The number of hydrogen-bond donors (Lipinski definition) is 1. The van der Waals surface area contributed by atoms with Gasteiger partial charge in [-0.2, -0.15) is 0 Å². The van der Waals surface area contributed by atoms with Crippen molar-refractivity contribution in [2.45, 2.75) is 114 Å². The number of benzene rings is 6. The summed E-state index contributed by atoms with van der Waals surface area (Å²) >= 11 is 2.15. The number of halogens is 4. The number of carbonyl (C=O) groups is 4. The maximum absolute atomic E-state index is 13.2. The van der Waals surface area contributed by atoms with E-state index in [2.05, 4.69) is 91.9 Å². The van der Waals surface area contributed by atoms with E-state index in [4.69, 9.17) is 0 Å². The van der Waals surface area contributed by atoms with Crippen LogP contribution in [0.1, 0.15) is 85.0 Å². The first-order valence-electron chi connectivity index (χ1n) is 27.2. The fraction of sp³-hybridized carbons (Fsp3) is 0.385. The van der Waals surface area contributed by atoms with E-state index in [-0.39, 0.29) is 74.1 Å². The zero-order chi connectivity index (χ0) is 55.1. The lowest BCUT2D eigenvalue weighted by molar-refractivity contribution is -0.894. The zero-order valence-corrected chi connectivity index (χ0v) is 50.5. The molecule has 0 radical (unpaired) electrons. The highest BCUT2D eigenvalue weighted by atomic mass is 127. The van der Waals surface area contributed by atoms with Gasteiger partial charge in [0.1, 0.15) is 23.2 Å². The fourth-order valence-corrected chi connectivity index (χ4v) is 17.1. The van der Waals surface area contributed by atoms with Gasteiger partial charge >= 0.3 is 0 Å². The van der Waals surface area contributed by atoms with Gasteiger partial charge < -0.3 is 41.7 Å². The van der Waals surface area contributed by atoms with E-state index in [1.165, 1.54) is 63.5 Å². The number of aliphatic carboxylic acids is 2. The minimum atomic E-state index is -0.913.